The van der Waals surface area contributed by atoms with Crippen molar-refractivity contribution in [3.8, 4) is 0 Å². The van der Waals surface area contributed by atoms with Crippen LogP contribution >= 0.6 is 0 Å². The van der Waals surface area contributed by atoms with Crippen molar-refractivity contribution in [2.45, 2.75) is 105 Å². The van der Waals surface area contributed by atoms with Crippen LogP contribution in [0.2, 0.25) is 105 Å². The van der Waals surface area contributed by atoms with Crippen molar-refractivity contribution in [3.05, 3.63) is 0 Å². The summed E-state index contributed by atoms with van der Waals surface area (Å²) in [5.41, 5.74) is 0. The summed E-state index contributed by atoms with van der Waals surface area (Å²) in [7, 11) is -53.2. The fraction of sp³-hybridized carbons (Fsp3) is 1.00. The molecule has 312 valence electrons. The van der Waals surface area contributed by atoms with E-state index in [1.165, 1.54) is 0 Å². The molecule has 4 aliphatic heterocycles. The highest BCUT2D eigenvalue weighted by Crippen LogP contribution is 2.47. The zero-order valence-electron chi connectivity index (χ0n) is 33.9. The third kappa shape index (κ3) is 12.9. The van der Waals surface area contributed by atoms with Crippen LogP contribution in [0, 0.1) is 0 Å². The summed E-state index contributed by atoms with van der Waals surface area (Å²) in [5, 5.41) is 0. The molecule has 6 bridgehead atoms. The minimum Gasteiger partial charge on any atom is -0.422 e. The van der Waals surface area contributed by atoms with E-state index in [9.17, 15) is 0 Å². The maximum absolute atomic E-state index is 7.10. The second-order valence-corrected chi connectivity index (χ2v) is 57.4. The quantitative estimate of drug-likeness (QED) is 0.150. The average molecular weight is 1050 g/mol. The SMILES string of the molecule is C[SiH](C)O[SiH]1O[Si]2(O[SiH](C)C)O[Si]3(O[SiH](C)C)O[Si](O[SiH3])(O[SiH](C)C)O[Si]4(O[SiH](C)C)O[Si](O[SiH](C)C)(O1)O[Si](O[SiH](C)C)(O2)O[Si](O[SiH](C)C)(O3)O4. The Balaban J connectivity index is 2.24. The molecule has 4 rings (SSSR count). The van der Waals surface area contributed by atoms with Crippen molar-refractivity contribution in [2.75, 3.05) is 0 Å². The van der Waals surface area contributed by atoms with E-state index in [-0.39, 0.29) is 10.5 Å². The van der Waals surface area contributed by atoms with Crippen molar-refractivity contribution in [2.24, 2.45) is 0 Å². The Hall–Kier alpha value is 2.89. The standard InChI is InChI=1S/C16H60O20Si17/c1-38(2)18-46-26-48(20-40(5)6)30-50(22-42(9)10)28-47(17-37,19-39(3)4)29-51(23-43(11)12)31-49(27-46,21-41(7)8)33-52(32-48,24-44(13)14)36-53(34-50,35-51)25-45(15)16/h38-46H,1-16,37H3. The van der Waals surface area contributed by atoms with Gasteiger partial charge < -0.3 is 82.3 Å². The summed E-state index contributed by atoms with van der Waals surface area (Å²) < 4.78 is 137. The highest BCUT2D eigenvalue weighted by Gasteiger charge is 2.86. The van der Waals surface area contributed by atoms with Crippen molar-refractivity contribution < 1.29 is 82.3 Å². The fourth-order valence-corrected chi connectivity index (χ4v) is 64.6. The van der Waals surface area contributed by atoms with Crippen LogP contribution < -0.4 is 0 Å². The van der Waals surface area contributed by atoms with Gasteiger partial charge in [-0.15, -0.1) is 0 Å². The average Bonchev–Trinajstić information content (AvgIpc) is 2.86. The van der Waals surface area contributed by atoms with Gasteiger partial charge in [-0.1, -0.05) is 0 Å². The number of fused-ring (bicyclic) bond motifs is 4. The zero-order valence-corrected chi connectivity index (χ0v) is 53.3. The summed E-state index contributed by atoms with van der Waals surface area (Å²) >= 11 is 0. The van der Waals surface area contributed by atoms with Gasteiger partial charge in [0, 0.05) is 0 Å². The zero-order chi connectivity index (χ0) is 39.8. The van der Waals surface area contributed by atoms with Crippen LogP contribution in [0.25, 0.3) is 0 Å². The van der Waals surface area contributed by atoms with E-state index in [4.69, 9.17) is 82.3 Å². The van der Waals surface area contributed by atoms with E-state index in [2.05, 4.69) is 0 Å². The Kier molecular flexibility index (Phi) is 17.3. The molecule has 4 heterocycles. The topological polar surface area (TPSA) is 185 Å². The number of rotatable bonds is 17. The van der Waals surface area contributed by atoms with E-state index in [1.54, 1.807) is 0 Å². The molecule has 0 spiro atoms. The number of hydrogen-bond donors (Lipinski definition) is 0. The molecular weight excluding hydrogens is 990 g/mol. The van der Waals surface area contributed by atoms with Gasteiger partial charge in [0.05, 0.1) is 0 Å². The van der Waals surface area contributed by atoms with E-state index in [1.807, 2.05) is 105 Å². The minimum atomic E-state index is -4.79. The third-order valence-corrected chi connectivity index (χ3v) is 54.2. The Labute approximate surface area is 340 Å². The third-order valence-electron chi connectivity index (χ3n) is 6.02. The van der Waals surface area contributed by atoms with Gasteiger partial charge in [0.1, 0.15) is 10.5 Å². The molecule has 0 radical (unpaired) electrons. The van der Waals surface area contributed by atoms with Gasteiger partial charge in [0.2, 0.25) is 0 Å². The molecule has 0 saturated carbocycles. The van der Waals surface area contributed by atoms with E-state index in [0.29, 0.717) is 0 Å². The molecule has 4 atom stereocenters. The lowest BCUT2D eigenvalue weighted by atomic mass is 11.9. The van der Waals surface area contributed by atoms with Gasteiger partial charge in [0.25, 0.3) is 0 Å². The van der Waals surface area contributed by atoms with Crippen molar-refractivity contribution >= 4 is 156 Å². The Morgan fingerprint density at radius 3 is 0.830 bits per heavy atom. The van der Waals surface area contributed by atoms with Gasteiger partial charge in [-0.3, -0.25) is 0 Å². The van der Waals surface area contributed by atoms with Gasteiger partial charge in [-0.25, -0.2) is 0 Å². The highest BCUT2D eigenvalue weighted by atomic mass is 28.7. The largest absolute Gasteiger partial charge is 0.651 e. The molecule has 20 nitrogen and oxygen atoms in total. The molecule has 4 unspecified atom stereocenters. The Morgan fingerprint density at radius 2 is 0.585 bits per heavy atom. The molecule has 4 fully saturated rings. The van der Waals surface area contributed by atoms with Crippen LogP contribution in [-0.4, -0.2) is 156 Å². The van der Waals surface area contributed by atoms with Gasteiger partial charge in [-0.2, -0.15) is 0 Å². The fourth-order valence-electron chi connectivity index (χ4n) is 4.96. The lowest BCUT2D eigenvalue weighted by molar-refractivity contribution is -0.0970. The second-order valence-electron chi connectivity index (χ2n) is 14.5. The highest BCUT2D eigenvalue weighted by molar-refractivity contribution is 6.98. The van der Waals surface area contributed by atoms with Crippen LogP contribution in [0.5, 0.6) is 0 Å². The molecule has 4 saturated heterocycles. The summed E-state index contributed by atoms with van der Waals surface area (Å²) in [4.78, 5) is 0. The lowest BCUT2D eigenvalue weighted by Gasteiger charge is -2.56. The van der Waals surface area contributed by atoms with Crippen LogP contribution in [-0.2, 0) is 82.3 Å². The van der Waals surface area contributed by atoms with Gasteiger partial charge >= 0.3 is 72.9 Å². The molecule has 0 N–H and O–H groups in total. The van der Waals surface area contributed by atoms with E-state index in [0.717, 1.165) is 0 Å². The molecule has 0 aromatic carbocycles. The smallest absolute Gasteiger partial charge is 0.422 e. The Morgan fingerprint density at radius 1 is 0.340 bits per heavy atom. The molecular formula is C16H60O20Si17. The van der Waals surface area contributed by atoms with Crippen LogP contribution in [0.1, 0.15) is 0 Å². The summed E-state index contributed by atoms with van der Waals surface area (Å²) in [6.45, 7) is 31.1. The minimum absolute atomic E-state index is 0.0865. The van der Waals surface area contributed by atoms with Crippen molar-refractivity contribution in [1.82, 2.24) is 0 Å². The summed E-state index contributed by atoms with van der Waals surface area (Å²) in [5.74, 6) is 0. The first kappa shape index (κ1) is 48.6. The van der Waals surface area contributed by atoms with Crippen molar-refractivity contribution in [1.29, 1.82) is 0 Å². The Bertz CT molecular complexity index is 1150. The van der Waals surface area contributed by atoms with Crippen molar-refractivity contribution in [3.63, 3.8) is 0 Å². The first-order chi connectivity index (χ1) is 24.3. The molecule has 4 aliphatic rings. The summed E-state index contributed by atoms with van der Waals surface area (Å²) in [6.07, 6.45) is 0. The molecule has 0 amide bonds. The van der Waals surface area contributed by atoms with Gasteiger partial charge in [-0.05, 0) is 105 Å². The van der Waals surface area contributed by atoms with E-state index < -0.39 is 145 Å². The molecule has 53 heavy (non-hydrogen) atoms. The predicted octanol–water partition coefficient (Wildman–Crippen LogP) is -1.71. The number of hydrogen-bond acceptors (Lipinski definition) is 20. The first-order valence-electron chi connectivity index (χ1n) is 18.0. The maximum Gasteiger partial charge on any atom is 0.651 e. The first-order valence-corrected chi connectivity index (χ1v) is 53.9. The molecule has 0 aromatic rings. The second kappa shape index (κ2) is 18.9. The summed E-state index contributed by atoms with van der Waals surface area (Å²) in [6, 6.07) is 0. The molecule has 0 aromatic heterocycles. The van der Waals surface area contributed by atoms with Gasteiger partial charge in [0.15, 0.2) is 72.3 Å². The maximum atomic E-state index is 7.10. The monoisotopic (exact) mass is 1050 g/mol. The van der Waals surface area contributed by atoms with Crippen LogP contribution in [0.3, 0.4) is 0 Å². The predicted molar refractivity (Wildman–Crippen MR) is 230 cm³/mol. The van der Waals surface area contributed by atoms with E-state index >= 15 is 0 Å². The molecule has 37 heteroatoms. The normalized spacial score (nSPS) is 39.5. The molecule has 0 aliphatic carbocycles. The lowest BCUT2D eigenvalue weighted by Crippen LogP contribution is -2.88. The van der Waals surface area contributed by atoms with Crippen LogP contribution in [0.15, 0.2) is 0 Å². The van der Waals surface area contributed by atoms with Crippen LogP contribution in [0.4, 0.5) is 0 Å².